The molecule has 1 heterocycles. The van der Waals surface area contributed by atoms with Crippen molar-refractivity contribution in [2.75, 3.05) is 12.8 Å². The van der Waals surface area contributed by atoms with E-state index in [1.54, 1.807) is 24.1 Å². The Morgan fingerprint density at radius 2 is 2.00 bits per heavy atom. The summed E-state index contributed by atoms with van der Waals surface area (Å²) in [6.07, 6.45) is 0. The molecule has 0 spiro atoms. The van der Waals surface area contributed by atoms with Crippen LogP contribution >= 0.6 is 11.8 Å². The van der Waals surface area contributed by atoms with Gasteiger partial charge in [-0.3, -0.25) is 4.79 Å². The highest BCUT2D eigenvalue weighted by Crippen LogP contribution is 2.25. The van der Waals surface area contributed by atoms with Gasteiger partial charge in [0, 0.05) is 12.7 Å². The molecule has 0 saturated heterocycles. The van der Waals surface area contributed by atoms with Gasteiger partial charge in [0.05, 0.1) is 17.4 Å². The van der Waals surface area contributed by atoms with E-state index in [9.17, 15) is 14.4 Å². The van der Waals surface area contributed by atoms with Crippen molar-refractivity contribution < 1.29 is 9.18 Å². The zero-order chi connectivity index (χ0) is 18.6. The minimum Gasteiger partial charge on any atom is -0.338 e. The number of halogens is 1. The fraction of sp³-hybridized carbons (Fsp3) is 0.316. The largest absolute Gasteiger partial charge is 0.338 e. The number of rotatable bonds is 5. The maximum atomic E-state index is 13.0. The number of aromatic nitrogens is 1. The lowest BCUT2D eigenvalue weighted by molar-refractivity contribution is -0.128. The number of carbonyl (C=O) groups excluding carboxylic acids is 1. The van der Waals surface area contributed by atoms with Crippen molar-refractivity contribution in [3.63, 3.8) is 0 Å². The molecule has 4 nitrogen and oxygen atoms in total. The Bertz CT molecular complexity index is 815. The number of hydrogen-bond donors (Lipinski definition) is 0. The number of aryl methyl sites for hydroxylation is 2. The number of amides is 1. The number of nitrogens with zero attached hydrogens (tertiary/aromatic N) is 3. The topological polar surface area (TPSA) is 57.0 Å². The number of hydrogen-bond acceptors (Lipinski definition) is 4. The van der Waals surface area contributed by atoms with Gasteiger partial charge in [0.1, 0.15) is 16.9 Å². The van der Waals surface area contributed by atoms with E-state index < -0.39 is 0 Å². The number of benzene rings is 1. The molecule has 2 rings (SSSR count). The normalized spacial score (nSPS) is 11.7. The van der Waals surface area contributed by atoms with Crippen LogP contribution in [0.1, 0.15) is 35.3 Å². The Morgan fingerprint density at radius 3 is 2.60 bits per heavy atom. The molecule has 0 fully saturated rings. The molecular formula is C19H20FN3OS. The summed E-state index contributed by atoms with van der Waals surface area (Å²) in [6.45, 7) is 5.62. The van der Waals surface area contributed by atoms with Gasteiger partial charge in [-0.25, -0.2) is 9.37 Å². The molecule has 1 aromatic heterocycles. The third kappa shape index (κ3) is 4.58. The van der Waals surface area contributed by atoms with Crippen LogP contribution in [0.4, 0.5) is 4.39 Å². The molecule has 0 aliphatic carbocycles. The van der Waals surface area contributed by atoms with Crippen molar-refractivity contribution in [1.82, 2.24) is 9.88 Å². The van der Waals surface area contributed by atoms with Crippen LogP contribution < -0.4 is 0 Å². The summed E-state index contributed by atoms with van der Waals surface area (Å²) in [5.41, 5.74) is 3.06. The predicted octanol–water partition coefficient (Wildman–Crippen LogP) is 4.02. The van der Waals surface area contributed by atoms with Crippen molar-refractivity contribution in [3.8, 4) is 6.07 Å². The summed E-state index contributed by atoms with van der Waals surface area (Å²) in [5.74, 6) is -0.191. The Labute approximate surface area is 151 Å². The summed E-state index contributed by atoms with van der Waals surface area (Å²) in [5, 5.41) is 9.87. The van der Waals surface area contributed by atoms with E-state index in [0.717, 1.165) is 16.8 Å². The van der Waals surface area contributed by atoms with Gasteiger partial charge in [0.2, 0.25) is 5.91 Å². The zero-order valence-corrected chi connectivity index (χ0v) is 15.5. The van der Waals surface area contributed by atoms with E-state index >= 15 is 0 Å². The average Bonchev–Trinajstić information content (AvgIpc) is 2.58. The van der Waals surface area contributed by atoms with Crippen LogP contribution in [0.15, 0.2) is 35.4 Å². The van der Waals surface area contributed by atoms with E-state index in [1.807, 2.05) is 26.8 Å². The molecule has 1 aromatic carbocycles. The van der Waals surface area contributed by atoms with Crippen molar-refractivity contribution in [2.45, 2.75) is 31.8 Å². The zero-order valence-electron chi connectivity index (χ0n) is 14.7. The Kier molecular flexibility index (Phi) is 6.16. The summed E-state index contributed by atoms with van der Waals surface area (Å²) in [6, 6.07) is 9.96. The molecule has 1 atom stereocenters. The van der Waals surface area contributed by atoms with Gasteiger partial charge < -0.3 is 4.90 Å². The van der Waals surface area contributed by atoms with Gasteiger partial charge in [-0.2, -0.15) is 5.26 Å². The summed E-state index contributed by atoms with van der Waals surface area (Å²) >= 11 is 1.27. The molecule has 130 valence electrons. The Morgan fingerprint density at radius 1 is 1.36 bits per heavy atom. The van der Waals surface area contributed by atoms with E-state index in [0.29, 0.717) is 10.6 Å². The molecular weight excluding hydrogens is 337 g/mol. The average molecular weight is 357 g/mol. The molecule has 0 bridgehead atoms. The van der Waals surface area contributed by atoms with Crippen LogP contribution in [-0.2, 0) is 4.79 Å². The molecule has 0 aliphatic rings. The first-order chi connectivity index (χ1) is 11.8. The maximum absolute atomic E-state index is 13.0. The van der Waals surface area contributed by atoms with Crippen LogP contribution in [0.25, 0.3) is 0 Å². The smallest absolute Gasteiger partial charge is 0.233 e. The molecule has 25 heavy (non-hydrogen) atoms. The molecule has 2 aromatic rings. The van der Waals surface area contributed by atoms with Gasteiger partial charge in [-0.15, -0.1) is 0 Å². The van der Waals surface area contributed by atoms with Crippen LogP contribution in [0.2, 0.25) is 0 Å². The quantitative estimate of drug-likeness (QED) is 0.759. The Balaban J connectivity index is 2.07. The first-order valence-electron chi connectivity index (χ1n) is 7.85. The predicted molar refractivity (Wildman–Crippen MR) is 96.7 cm³/mol. The molecule has 1 unspecified atom stereocenters. The molecule has 1 amide bonds. The van der Waals surface area contributed by atoms with Crippen LogP contribution in [0.3, 0.4) is 0 Å². The fourth-order valence-electron chi connectivity index (χ4n) is 2.46. The summed E-state index contributed by atoms with van der Waals surface area (Å²) < 4.78 is 13.0. The van der Waals surface area contributed by atoms with E-state index in [4.69, 9.17) is 0 Å². The van der Waals surface area contributed by atoms with Crippen molar-refractivity contribution in [3.05, 3.63) is 58.5 Å². The van der Waals surface area contributed by atoms with Crippen molar-refractivity contribution in [2.24, 2.45) is 0 Å². The molecule has 6 heteroatoms. The SMILES string of the molecule is Cc1cc(C)c(C#N)c(SCC(=O)N(C)C(C)c2ccc(F)cc2)n1. The maximum Gasteiger partial charge on any atom is 0.233 e. The minimum atomic E-state index is -0.301. The third-order valence-corrected chi connectivity index (χ3v) is 5.04. The van der Waals surface area contributed by atoms with Gasteiger partial charge in [-0.05, 0) is 50.1 Å². The second kappa shape index (κ2) is 8.13. The second-order valence-corrected chi connectivity index (χ2v) is 6.86. The molecule has 0 aliphatic heterocycles. The van der Waals surface area contributed by atoms with Gasteiger partial charge in [-0.1, -0.05) is 23.9 Å². The van der Waals surface area contributed by atoms with E-state index in [-0.39, 0.29) is 23.5 Å². The minimum absolute atomic E-state index is 0.0772. The van der Waals surface area contributed by atoms with Crippen LogP contribution in [0, 0.1) is 31.0 Å². The first kappa shape index (κ1) is 18.9. The second-order valence-electron chi connectivity index (χ2n) is 5.89. The number of pyridine rings is 1. The first-order valence-corrected chi connectivity index (χ1v) is 8.84. The number of thioether (sulfide) groups is 1. The lowest BCUT2D eigenvalue weighted by Crippen LogP contribution is -2.31. The molecule has 0 saturated carbocycles. The Hall–Kier alpha value is -2.39. The highest BCUT2D eigenvalue weighted by atomic mass is 32.2. The number of nitriles is 1. The molecule has 0 N–H and O–H groups in total. The lowest BCUT2D eigenvalue weighted by atomic mass is 10.1. The monoisotopic (exact) mass is 357 g/mol. The van der Waals surface area contributed by atoms with Crippen LogP contribution in [-0.4, -0.2) is 28.6 Å². The van der Waals surface area contributed by atoms with E-state index in [1.165, 1.54) is 23.9 Å². The summed E-state index contributed by atoms with van der Waals surface area (Å²) in [4.78, 5) is 18.5. The highest BCUT2D eigenvalue weighted by molar-refractivity contribution is 8.00. The van der Waals surface area contributed by atoms with Crippen molar-refractivity contribution >= 4 is 17.7 Å². The van der Waals surface area contributed by atoms with E-state index in [2.05, 4.69) is 11.1 Å². The third-order valence-electron chi connectivity index (χ3n) is 4.08. The standard InChI is InChI=1S/C19H20FN3OS/c1-12-9-13(2)22-19(17(12)10-21)25-11-18(24)23(4)14(3)15-5-7-16(20)8-6-15/h5-9,14H,11H2,1-4H3. The van der Waals surface area contributed by atoms with Gasteiger partial charge in [0.15, 0.2) is 0 Å². The highest BCUT2D eigenvalue weighted by Gasteiger charge is 2.19. The fourth-order valence-corrected chi connectivity index (χ4v) is 3.48. The van der Waals surface area contributed by atoms with Gasteiger partial charge in [0.25, 0.3) is 0 Å². The van der Waals surface area contributed by atoms with Gasteiger partial charge >= 0.3 is 0 Å². The summed E-state index contributed by atoms with van der Waals surface area (Å²) in [7, 11) is 1.72. The number of carbonyl (C=O) groups is 1. The van der Waals surface area contributed by atoms with Crippen LogP contribution in [0.5, 0.6) is 0 Å². The molecule has 0 radical (unpaired) electrons. The lowest BCUT2D eigenvalue weighted by Gasteiger charge is -2.25. The van der Waals surface area contributed by atoms with Crippen molar-refractivity contribution in [1.29, 1.82) is 5.26 Å².